The third-order valence-electron chi connectivity index (χ3n) is 4.33. The summed E-state index contributed by atoms with van der Waals surface area (Å²) in [5.41, 5.74) is 2.53. The van der Waals surface area contributed by atoms with Crippen LogP contribution >= 0.6 is 22.9 Å². The van der Waals surface area contributed by atoms with Gasteiger partial charge in [0, 0.05) is 30.0 Å². The van der Waals surface area contributed by atoms with Crippen molar-refractivity contribution < 1.29 is 14.3 Å². The highest BCUT2D eigenvalue weighted by molar-refractivity contribution is 7.15. The van der Waals surface area contributed by atoms with Crippen LogP contribution in [0.2, 0.25) is 5.02 Å². The third-order valence-corrected chi connectivity index (χ3v) is 5.55. The maximum absolute atomic E-state index is 12.7. The number of rotatable bonds is 8. The summed E-state index contributed by atoms with van der Waals surface area (Å²) in [5, 5.41) is 12.0. The number of benzene rings is 1. The second-order valence-corrected chi connectivity index (χ2v) is 7.77. The van der Waals surface area contributed by atoms with Gasteiger partial charge in [-0.25, -0.2) is 0 Å². The van der Waals surface area contributed by atoms with E-state index in [-0.39, 0.29) is 5.13 Å². The topological polar surface area (TPSA) is 86.1 Å². The lowest BCUT2D eigenvalue weighted by Crippen LogP contribution is -2.23. The fourth-order valence-electron chi connectivity index (χ4n) is 2.98. The number of ketones is 1. The van der Waals surface area contributed by atoms with Gasteiger partial charge in [-0.3, -0.25) is 14.9 Å². The Morgan fingerprint density at radius 3 is 2.72 bits per heavy atom. The van der Waals surface area contributed by atoms with Crippen LogP contribution < -0.4 is 5.32 Å². The van der Waals surface area contributed by atoms with Crippen LogP contribution in [0.5, 0.6) is 0 Å². The molecule has 3 aromatic rings. The van der Waals surface area contributed by atoms with E-state index in [9.17, 15) is 9.59 Å². The van der Waals surface area contributed by atoms with E-state index in [2.05, 4.69) is 15.5 Å². The molecule has 0 fully saturated rings. The summed E-state index contributed by atoms with van der Waals surface area (Å²) in [5.74, 6) is -1.39. The van der Waals surface area contributed by atoms with Crippen molar-refractivity contribution in [1.29, 1.82) is 0 Å². The van der Waals surface area contributed by atoms with Crippen molar-refractivity contribution in [3.8, 4) is 5.69 Å². The highest BCUT2D eigenvalue weighted by atomic mass is 35.5. The minimum absolute atomic E-state index is 0.287. The van der Waals surface area contributed by atoms with Crippen molar-refractivity contribution in [2.45, 2.75) is 27.2 Å². The van der Waals surface area contributed by atoms with Crippen LogP contribution in [0.15, 0.2) is 30.3 Å². The number of anilines is 1. The van der Waals surface area contributed by atoms with Gasteiger partial charge in [-0.2, -0.15) is 0 Å². The van der Waals surface area contributed by atoms with Crippen LogP contribution in [0.3, 0.4) is 0 Å². The molecule has 0 aliphatic carbocycles. The lowest BCUT2D eigenvalue weighted by atomic mass is 10.1. The fourth-order valence-corrected chi connectivity index (χ4v) is 3.92. The highest BCUT2D eigenvalue weighted by Crippen LogP contribution is 2.27. The molecule has 0 atom stereocenters. The monoisotopic (exact) mass is 432 g/mol. The van der Waals surface area contributed by atoms with E-state index in [0.717, 1.165) is 16.4 Å². The number of aryl methyl sites for hydroxylation is 1. The normalized spacial score (nSPS) is 10.9. The standard InChI is InChI=1S/C20H21ClN4O3S/c1-4-28-10-9-17-23-24-20(29-17)22-19(27)18(26)14-11-12(2)25(13(14)3)16-8-6-5-7-15(16)21/h5-8,11H,4,9-10H2,1-3H3,(H,22,24,27). The van der Waals surface area contributed by atoms with Crippen LogP contribution in [0, 0.1) is 13.8 Å². The predicted molar refractivity (Wildman–Crippen MR) is 113 cm³/mol. The molecular weight excluding hydrogens is 412 g/mol. The fraction of sp³-hybridized carbons (Fsp3) is 0.300. The lowest BCUT2D eigenvalue weighted by molar-refractivity contribution is -0.112. The van der Waals surface area contributed by atoms with E-state index in [1.54, 1.807) is 19.1 Å². The van der Waals surface area contributed by atoms with Crippen LogP contribution in [-0.2, 0) is 16.0 Å². The van der Waals surface area contributed by atoms with Crippen LogP contribution in [0.1, 0.15) is 33.7 Å². The van der Waals surface area contributed by atoms with E-state index < -0.39 is 11.7 Å². The molecule has 152 valence electrons. The lowest BCUT2D eigenvalue weighted by Gasteiger charge is -2.11. The quantitative estimate of drug-likeness (QED) is 0.330. The van der Waals surface area contributed by atoms with Crippen molar-refractivity contribution >= 4 is 39.8 Å². The number of ether oxygens (including phenoxy) is 1. The molecule has 0 saturated carbocycles. The van der Waals surface area contributed by atoms with Gasteiger partial charge in [0.15, 0.2) is 0 Å². The molecular formula is C20H21ClN4O3S. The molecule has 0 spiro atoms. The molecule has 9 heteroatoms. The van der Waals surface area contributed by atoms with Crippen molar-refractivity contribution in [2.24, 2.45) is 0 Å². The Bertz CT molecular complexity index is 1040. The first-order valence-corrected chi connectivity index (χ1v) is 10.3. The first-order valence-electron chi connectivity index (χ1n) is 9.12. The molecule has 0 unspecified atom stereocenters. The van der Waals surface area contributed by atoms with Gasteiger partial charge in [0.25, 0.3) is 11.7 Å². The molecule has 3 rings (SSSR count). The first-order chi connectivity index (χ1) is 13.9. The zero-order valence-electron chi connectivity index (χ0n) is 16.4. The summed E-state index contributed by atoms with van der Waals surface area (Å²) in [4.78, 5) is 25.2. The Morgan fingerprint density at radius 2 is 2.00 bits per heavy atom. The summed E-state index contributed by atoms with van der Waals surface area (Å²) in [7, 11) is 0. The van der Waals surface area contributed by atoms with Gasteiger partial charge in [0.05, 0.1) is 17.3 Å². The molecule has 2 heterocycles. The van der Waals surface area contributed by atoms with Crippen molar-refractivity contribution in [3.63, 3.8) is 0 Å². The number of aromatic nitrogens is 3. The van der Waals surface area contributed by atoms with Crippen molar-refractivity contribution in [3.05, 3.63) is 57.3 Å². The molecule has 2 aromatic heterocycles. The third kappa shape index (κ3) is 4.72. The number of Topliss-reactive ketones (excluding diaryl/α,β-unsaturated/α-hetero) is 1. The van der Waals surface area contributed by atoms with Gasteiger partial charge >= 0.3 is 0 Å². The number of carbonyl (C=O) groups excluding carboxylic acids is 2. The van der Waals surface area contributed by atoms with Gasteiger partial charge in [0.1, 0.15) is 5.01 Å². The van der Waals surface area contributed by atoms with Gasteiger partial charge < -0.3 is 9.30 Å². The Morgan fingerprint density at radius 1 is 1.24 bits per heavy atom. The number of halogens is 1. The molecule has 1 N–H and O–H groups in total. The molecule has 7 nitrogen and oxygen atoms in total. The zero-order valence-corrected chi connectivity index (χ0v) is 17.9. The van der Waals surface area contributed by atoms with Crippen molar-refractivity contribution in [2.75, 3.05) is 18.5 Å². The molecule has 0 aliphatic rings. The van der Waals surface area contributed by atoms with Gasteiger partial charge in [-0.15, -0.1) is 10.2 Å². The Hall–Kier alpha value is -2.55. The highest BCUT2D eigenvalue weighted by Gasteiger charge is 2.24. The number of para-hydroxylation sites is 1. The molecule has 1 amide bonds. The first kappa shape index (κ1) is 21.2. The van der Waals surface area contributed by atoms with E-state index in [0.29, 0.717) is 35.9 Å². The SMILES string of the molecule is CCOCCc1nnc(NC(=O)C(=O)c2cc(C)n(-c3ccccc3Cl)c2C)s1. The van der Waals surface area contributed by atoms with Gasteiger partial charge in [0.2, 0.25) is 5.13 Å². The van der Waals surface area contributed by atoms with Gasteiger partial charge in [-0.05, 0) is 39.0 Å². The zero-order chi connectivity index (χ0) is 21.0. The van der Waals surface area contributed by atoms with E-state index in [1.807, 2.05) is 36.6 Å². The number of hydrogen-bond donors (Lipinski definition) is 1. The van der Waals surface area contributed by atoms with E-state index in [1.165, 1.54) is 11.3 Å². The van der Waals surface area contributed by atoms with E-state index >= 15 is 0 Å². The molecule has 0 bridgehead atoms. The number of nitrogens with one attached hydrogen (secondary N) is 1. The summed E-state index contributed by atoms with van der Waals surface area (Å²) < 4.78 is 7.14. The molecule has 0 saturated heterocycles. The Labute approximate surface area is 177 Å². The number of carbonyl (C=O) groups is 2. The predicted octanol–water partition coefficient (Wildman–Crippen LogP) is 4.00. The van der Waals surface area contributed by atoms with Crippen LogP contribution in [0.4, 0.5) is 5.13 Å². The average Bonchev–Trinajstić information content (AvgIpc) is 3.26. The summed E-state index contributed by atoms with van der Waals surface area (Å²) in [6.45, 7) is 6.73. The van der Waals surface area contributed by atoms with E-state index in [4.69, 9.17) is 16.3 Å². The Balaban J connectivity index is 1.76. The Kier molecular flexibility index (Phi) is 6.79. The maximum atomic E-state index is 12.7. The molecule has 0 aliphatic heterocycles. The summed E-state index contributed by atoms with van der Waals surface area (Å²) >= 11 is 7.53. The van der Waals surface area contributed by atoms with Gasteiger partial charge in [-0.1, -0.05) is 35.1 Å². The summed E-state index contributed by atoms with van der Waals surface area (Å²) in [6, 6.07) is 9.04. The number of nitrogens with zero attached hydrogens (tertiary/aromatic N) is 3. The van der Waals surface area contributed by atoms with Crippen LogP contribution in [0.25, 0.3) is 5.69 Å². The molecule has 1 aromatic carbocycles. The average molecular weight is 433 g/mol. The summed E-state index contributed by atoms with van der Waals surface area (Å²) in [6.07, 6.45) is 0.605. The second kappa shape index (κ2) is 9.30. The van der Waals surface area contributed by atoms with Crippen molar-refractivity contribution in [1.82, 2.24) is 14.8 Å². The number of amides is 1. The maximum Gasteiger partial charge on any atom is 0.298 e. The smallest absolute Gasteiger partial charge is 0.298 e. The minimum Gasteiger partial charge on any atom is -0.381 e. The molecule has 29 heavy (non-hydrogen) atoms. The van der Waals surface area contributed by atoms with Crippen LogP contribution in [-0.4, -0.2) is 39.7 Å². The number of hydrogen-bond acceptors (Lipinski definition) is 6. The second-order valence-electron chi connectivity index (χ2n) is 6.30. The molecule has 0 radical (unpaired) electrons. The minimum atomic E-state index is -0.753. The largest absolute Gasteiger partial charge is 0.381 e.